The molecule has 1 aliphatic heterocycles. The number of esters is 1. The lowest BCUT2D eigenvalue weighted by molar-refractivity contribution is -0.146. The Labute approximate surface area is 200 Å². The molecular formula is C25H23N3O5S. The molecule has 1 N–H and O–H groups in total. The van der Waals surface area contributed by atoms with E-state index in [1.807, 2.05) is 55.5 Å². The minimum absolute atomic E-state index is 0.0760. The molecule has 3 aromatic rings. The lowest BCUT2D eigenvalue weighted by atomic mass is 10.1. The number of imide groups is 1. The van der Waals surface area contributed by atoms with Gasteiger partial charge in [-0.15, -0.1) is 0 Å². The van der Waals surface area contributed by atoms with E-state index in [2.05, 4.69) is 5.32 Å². The lowest BCUT2D eigenvalue weighted by Crippen LogP contribution is -2.34. The van der Waals surface area contributed by atoms with Crippen molar-refractivity contribution in [1.29, 1.82) is 0 Å². The van der Waals surface area contributed by atoms with E-state index in [0.29, 0.717) is 11.3 Å². The predicted molar refractivity (Wildman–Crippen MR) is 131 cm³/mol. The molecule has 8 nitrogen and oxygen atoms in total. The Morgan fingerprint density at radius 2 is 1.79 bits per heavy atom. The lowest BCUT2D eigenvalue weighted by Gasteiger charge is -2.10. The molecule has 0 saturated carbocycles. The van der Waals surface area contributed by atoms with Crippen LogP contribution in [-0.2, 0) is 25.7 Å². The summed E-state index contributed by atoms with van der Waals surface area (Å²) in [6.07, 6.45) is 3.39. The second-order valence-electron chi connectivity index (χ2n) is 7.72. The SMILES string of the molecule is CCOC(=O)CN1C(=O)SC(=Cc2cn(CC(=O)Nc3ccc(C)cc3)c3ccccc23)C1=O. The molecule has 34 heavy (non-hydrogen) atoms. The molecule has 1 aliphatic rings. The molecule has 0 atom stereocenters. The second-order valence-corrected chi connectivity index (χ2v) is 8.71. The van der Waals surface area contributed by atoms with Gasteiger partial charge in [0.25, 0.3) is 11.1 Å². The molecule has 3 amide bonds. The van der Waals surface area contributed by atoms with Gasteiger partial charge in [0.15, 0.2) is 0 Å². The van der Waals surface area contributed by atoms with Gasteiger partial charge in [-0.2, -0.15) is 0 Å². The summed E-state index contributed by atoms with van der Waals surface area (Å²) in [7, 11) is 0. The van der Waals surface area contributed by atoms with Crippen LogP contribution in [0.5, 0.6) is 0 Å². The first kappa shape index (κ1) is 23.3. The fraction of sp³-hybridized carbons (Fsp3) is 0.200. The predicted octanol–water partition coefficient (Wildman–Crippen LogP) is 4.19. The summed E-state index contributed by atoms with van der Waals surface area (Å²) in [5.41, 5.74) is 3.33. The van der Waals surface area contributed by atoms with Gasteiger partial charge in [-0.05, 0) is 49.9 Å². The van der Waals surface area contributed by atoms with Crippen LogP contribution in [0.4, 0.5) is 10.5 Å². The third kappa shape index (κ3) is 5.04. The van der Waals surface area contributed by atoms with Gasteiger partial charge in [0.1, 0.15) is 13.1 Å². The summed E-state index contributed by atoms with van der Waals surface area (Å²) in [5.74, 6) is -1.37. The fourth-order valence-electron chi connectivity index (χ4n) is 3.63. The Bertz CT molecular complexity index is 1310. The van der Waals surface area contributed by atoms with Crippen LogP contribution in [0.2, 0.25) is 0 Å². The number of ether oxygens (including phenoxy) is 1. The highest BCUT2D eigenvalue weighted by molar-refractivity contribution is 8.18. The zero-order chi connectivity index (χ0) is 24.2. The molecule has 0 bridgehead atoms. The number of amides is 3. The molecule has 0 unspecified atom stereocenters. The van der Waals surface area contributed by atoms with Gasteiger partial charge in [-0.3, -0.25) is 24.1 Å². The third-order valence-corrected chi connectivity index (χ3v) is 6.13. The molecule has 1 saturated heterocycles. The number of nitrogens with one attached hydrogen (secondary N) is 1. The number of carbonyl (C=O) groups is 4. The van der Waals surface area contributed by atoms with E-state index >= 15 is 0 Å². The summed E-state index contributed by atoms with van der Waals surface area (Å²) < 4.78 is 6.64. The third-order valence-electron chi connectivity index (χ3n) is 5.22. The first-order chi connectivity index (χ1) is 16.4. The Hall–Kier alpha value is -3.85. The summed E-state index contributed by atoms with van der Waals surface area (Å²) in [6, 6.07) is 15.0. The maximum Gasteiger partial charge on any atom is 0.326 e. The monoisotopic (exact) mass is 477 g/mol. The zero-order valence-corrected chi connectivity index (χ0v) is 19.6. The van der Waals surface area contributed by atoms with Crippen molar-refractivity contribution in [1.82, 2.24) is 9.47 Å². The number of hydrogen-bond donors (Lipinski definition) is 1. The van der Waals surface area contributed by atoms with Crippen LogP contribution in [-0.4, -0.2) is 45.6 Å². The molecule has 0 aliphatic carbocycles. The maximum atomic E-state index is 12.7. The zero-order valence-electron chi connectivity index (χ0n) is 18.7. The van der Waals surface area contributed by atoms with Crippen molar-refractivity contribution in [3.8, 4) is 0 Å². The first-order valence-corrected chi connectivity index (χ1v) is 11.5. The minimum atomic E-state index is -0.637. The second kappa shape index (κ2) is 9.96. The number of hydrogen-bond acceptors (Lipinski definition) is 6. The van der Waals surface area contributed by atoms with Crippen LogP contribution in [0.1, 0.15) is 18.1 Å². The first-order valence-electron chi connectivity index (χ1n) is 10.7. The number of benzene rings is 2. The number of para-hydroxylation sites is 1. The Morgan fingerprint density at radius 3 is 2.53 bits per heavy atom. The van der Waals surface area contributed by atoms with E-state index in [9.17, 15) is 19.2 Å². The van der Waals surface area contributed by atoms with Gasteiger partial charge in [0.05, 0.1) is 11.5 Å². The molecule has 2 heterocycles. The van der Waals surface area contributed by atoms with Crippen molar-refractivity contribution < 1.29 is 23.9 Å². The average molecular weight is 478 g/mol. The highest BCUT2D eigenvalue weighted by Gasteiger charge is 2.36. The number of carbonyl (C=O) groups excluding carboxylic acids is 4. The molecule has 4 rings (SSSR count). The largest absolute Gasteiger partial charge is 0.465 e. The number of aromatic nitrogens is 1. The number of anilines is 1. The molecule has 0 radical (unpaired) electrons. The van der Waals surface area contributed by atoms with Crippen molar-refractivity contribution in [3.63, 3.8) is 0 Å². The van der Waals surface area contributed by atoms with Crippen LogP contribution in [0.15, 0.2) is 59.6 Å². The maximum absolute atomic E-state index is 12.7. The normalized spacial score (nSPS) is 14.8. The summed E-state index contributed by atoms with van der Waals surface area (Å²) in [4.78, 5) is 50.5. The average Bonchev–Trinajstić information content (AvgIpc) is 3.27. The molecule has 1 fully saturated rings. The summed E-state index contributed by atoms with van der Waals surface area (Å²) in [5, 5.41) is 3.20. The van der Waals surface area contributed by atoms with Crippen LogP contribution in [0.25, 0.3) is 17.0 Å². The number of nitrogens with zero attached hydrogens (tertiary/aromatic N) is 2. The Morgan fingerprint density at radius 1 is 1.06 bits per heavy atom. The molecule has 174 valence electrons. The van der Waals surface area contributed by atoms with Crippen molar-refractivity contribution in [2.45, 2.75) is 20.4 Å². The number of fused-ring (bicyclic) bond motifs is 1. The van der Waals surface area contributed by atoms with Gasteiger partial charge in [0.2, 0.25) is 5.91 Å². The van der Waals surface area contributed by atoms with Gasteiger partial charge in [-0.1, -0.05) is 35.9 Å². The summed E-state index contributed by atoms with van der Waals surface area (Å²) in [6.45, 7) is 3.46. The van der Waals surface area contributed by atoms with Crippen LogP contribution >= 0.6 is 11.8 Å². The molecule has 9 heteroatoms. The van der Waals surface area contributed by atoms with Gasteiger partial charge >= 0.3 is 5.97 Å². The van der Waals surface area contributed by atoms with Crippen molar-refractivity contribution >= 4 is 57.5 Å². The highest BCUT2D eigenvalue weighted by Crippen LogP contribution is 2.34. The Kier molecular flexibility index (Phi) is 6.83. The van der Waals surface area contributed by atoms with E-state index in [-0.39, 0.29) is 24.0 Å². The topological polar surface area (TPSA) is 97.7 Å². The van der Waals surface area contributed by atoms with E-state index in [4.69, 9.17) is 4.74 Å². The van der Waals surface area contributed by atoms with Crippen LogP contribution in [0, 0.1) is 6.92 Å². The number of aryl methyl sites for hydroxylation is 1. The van der Waals surface area contributed by atoms with E-state index in [1.165, 1.54) is 0 Å². The smallest absolute Gasteiger partial charge is 0.326 e. The van der Waals surface area contributed by atoms with Crippen molar-refractivity contribution in [3.05, 3.63) is 70.8 Å². The van der Waals surface area contributed by atoms with E-state index in [0.717, 1.165) is 33.1 Å². The molecule has 2 aromatic carbocycles. The molecular weight excluding hydrogens is 454 g/mol. The number of rotatable bonds is 7. The quantitative estimate of drug-likeness (QED) is 0.405. The van der Waals surface area contributed by atoms with Gasteiger partial charge in [0, 0.05) is 28.4 Å². The number of thioether (sulfide) groups is 1. The standard InChI is InChI=1S/C25H23N3O5S/c1-3-33-23(30)15-28-24(31)21(34-25(28)32)12-17-13-27(20-7-5-4-6-19(17)20)14-22(29)26-18-10-8-16(2)9-11-18/h4-13H,3,14-15H2,1-2H3,(H,26,29). The Balaban J connectivity index is 1.57. The van der Waals surface area contributed by atoms with Gasteiger partial charge in [-0.25, -0.2) is 0 Å². The highest BCUT2D eigenvalue weighted by atomic mass is 32.2. The minimum Gasteiger partial charge on any atom is -0.465 e. The van der Waals surface area contributed by atoms with Gasteiger partial charge < -0.3 is 14.6 Å². The van der Waals surface area contributed by atoms with E-state index in [1.54, 1.807) is 23.8 Å². The molecule has 0 spiro atoms. The van der Waals surface area contributed by atoms with Crippen molar-refractivity contribution in [2.24, 2.45) is 0 Å². The molecule has 1 aromatic heterocycles. The summed E-state index contributed by atoms with van der Waals surface area (Å²) >= 11 is 0.774. The fourth-order valence-corrected chi connectivity index (χ4v) is 4.46. The van der Waals surface area contributed by atoms with Crippen LogP contribution in [0.3, 0.4) is 0 Å². The van der Waals surface area contributed by atoms with Crippen molar-refractivity contribution in [2.75, 3.05) is 18.5 Å². The van der Waals surface area contributed by atoms with E-state index < -0.39 is 23.7 Å². The van der Waals surface area contributed by atoms with Crippen LogP contribution < -0.4 is 5.32 Å².